The molecule has 2 atom stereocenters. The Hall–Kier alpha value is -1.16. The maximum Gasteiger partial charge on any atom is 0.411 e. The van der Waals surface area contributed by atoms with E-state index in [1.54, 1.807) is 0 Å². The predicted molar refractivity (Wildman–Crippen MR) is 67.8 cm³/mol. The van der Waals surface area contributed by atoms with Gasteiger partial charge in [-0.25, -0.2) is 4.79 Å². The summed E-state index contributed by atoms with van der Waals surface area (Å²) < 4.78 is 5.23. The molecule has 2 fully saturated rings. The molecule has 0 bridgehead atoms. The molecule has 0 radical (unpaired) electrons. The predicted octanol–water partition coefficient (Wildman–Crippen LogP) is 3.03. The number of hydrogen-bond acceptors (Lipinski definition) is 3. The highest BCUT2D eigenvalue weighted by atomic mass is 32.2. The van der Waals surface area contributed by atoms with E-state index in [-0.39, 0.29) is 22.3 Å². The Kier molecular flexibility index (Phi) is 2.36. The fourth-order valence-corrected chi connectivity index (χ4v) is 4.05. The van der Waals surface area contributed by atoms with E-state index in [4.69, 9.17) is 4.74 Å². The first-order chi connectivity index (χ1) is 8.09. The molecule has 3 rings (SSSR count). The fraction of sp³-hybridized carbons (Fsp3) is 0.462. The summed E-state index contributed by atoms with van der Waals surface area (Å²) >= 11 is 1.84. The van der Waals surface area contributed by atoms with Crippen molar-refractivity contribution >= 4 is 17.9 Å². The summed E-state index contributed by atoms with van der Waals surface area (Å²) in [6, 6.07) is 10.3. The second-order valence-electron chi connectivity index (χ2n) is 4.98. The third-order valence-electron chi connectivity index (χ3n) is 3.47. The average molecular weight is 249 g/mol. The van der Waals surface area contributed by atoms with Crippen LogP contribution in [0.25, 0.3) is 0 Å². The maximum absolute atomic E-state index is 11.8. The molecule has 0 aliphatic carbocycles. The standard InChI is InChI=1S/C13H15NO2S/c1-13(2)10-8-16-12(15)14(10)11(17-13)9-6-4-3-5-7-9/h3-7,10-11H,8H2,1-2H3. The molecular formula is C13H15NO2S. The Morgan fingerprint density at radius 3 is 2.76 bits per heavy atom. The molecule has 1 amide bonds. The van der Waals surface area contributed by atoms with Crippen LogP contribution in [0.5, 0.6) is 0 Å². The van der Waals surface area contributed by atoms with Gasteiger partial charge in [-0.1, -0.05) is 30.3 Å². The highest BCUT2D eigenvalue weighted by Gasteiger charge is 2.54. The minimum atomic E-state index is -0.179. The zero-order valence-electron chi connectivity index (χ0n) is 9.92. The fourth-order valence-electron chi connectivity index (χ4n) is 2.50. The van der Waals surface area contributed by atoms with Gasteiger partial charge in [-0.3, -0.25) is 4.90 Å². The summed E-state index contributed by atoms with van der Waals surface area (Å²) in [6.07, 6.45) is -0.179. The van der Waals surface area contributed by atoms with Crippen LogP contribution >= 0.6 is 11.8 Å². The van der Waals surface area contributed by atoms with Crippen molar-refractivity contribution < 1.29 is 9.53 Å². The van der Waals surface area contributed by atoms with Gasteiger partial charge in [-0.15, -0.1) is 11.8 Å². The number of benzene rings is 1. The van der Waals surface area contributed by atoms with Gasteiger partial charge in [0.05, 0.1) is 6.04 Å². The molecule has 0 spiro atoms. The first kappa shape index (κ1) is 11.0. The first-order valence-electron chi connectivity index (χ1n) is 5.77. The molecule has 2 unspecified atom stereocenters. The van der Waals surface area contributed by atoms with Crippen LogP contribution in [0.1, 0.15) is 24.8 Å². The van der Waals surface area contributed by atoms with Crippen molar-refractivity contribution in [1.29, 1.82) is 0 Å². The molecule has 1 aromatic carbocycles. The van der Waals surface area contributed by atoms with Crippen LogP contribution in [0.15, 0.2) is 30.3 Å². The van der Waals surface area contributed by atoms with Crippen molar-refractivity contribution in [2.75, 3.05) is 6.61 Å². The number of fused-ring (bicyclic) bond motifs is 1. The summed E-state index contributed by atoms with van der Waals surface area (Å²) in [4.78, 5) is 13.7. The highest BCUT2D eigenvalue weighted by Crippen LogP contribution is 2.54. The van der Waals surface area contributed by atoms with Crippen molar-refractivity contribution in [1.82, 2.24) is 4.90 Å². The number of carbonyl (C=O) groups is 1. The number of nitrogens with zero attached hydrogens (tertiary/aromatic N) is 1. The van der Waals surface area contributed by atoms with E-state index in [0.717, 1.165) is 0 Å². The van der Waals surface area contributed by atoms with E-state index < -0.39 is 0 Å². The van der Waals surface area contributed by atoms with Gasteiger partial charge >= 0.3 is 6.09 Å². The Bertz CT molecular complexity index is 446. The van der Waals surface area contributed by atoms with Crippen LogP contribution in [0.3, 0.4) is 0 Å². The van der Waals surface area contributed by atoms with E-state index in [1.165, 1.54) is 5.56 Å². The second kappa shape index (κ2) is 3.67. The average Bonchev–Trinajstić information content (AvgIpc) is 2.81. The topological polar surface area (TPSA) is 29.5 Å². The van der Waals surface area contributed by atoms with Crippen molar-refractivity contribution in [3.05, 3.63) is 35.9 Å². The van der Waals surface area contributed by atoms with Crippen molar-refractivity contribution in [3.63, 3.8) is 0 Å². The highest BCUT2D eigenvalue weighted by molar-refractivity contribution is 8.01. The van der Waals surface area contributed by atoms with Crippen LogP contribution in [-0.4, -0.2) is 28.4 Å². The Balaban J connectivity index is 1.99. The summed E-state index contributed by atoms with van der Waals surface area (Å²) in [5, 5.41) is 0.0891. The largest absolute Gasteiger partial charge is 0.447 e. The van der Waals surface area contributed by atoms with Gasteiger partial charge in [0, 0.05) is 4.75 Å². The molecule has 2 aliphatic heterocycles. The first-order valence-corrected chi connectivity index (χ1v) is 6.65. The Morgan fingerprint density at radius 1 is 1.35 bits per heavy atom. The Labute approximate surface area is 105 Å². The lowest BCUT2D eigenvalue weighted by Gasteiger charge is -2.22. The van der Waals surface area contributed by atoms with Gasteiger partial charge in [-0.05, 0) is 19.4 Å². The van der Waals surface area contributed by atoms with Crippen LogP contribution in [0, 0.1) is 0 Å². The van der Waals surface area contributed by atoms with E-state index in [2.05, 4.69) is 26.0 Å². The van der Waals surface area contributed by atoms with Crippen LogP contribution in [0.2, 0.25) is 0 Å². The number of hydrogen-bond donors (Lipinski definition) is 0. The van der Waals surface area contributed by atoms with Gasteiger partial charge in [0.2, 0.25) is 0 Å². The van der Waals surface area contributed by atoms with E-state index in [0.29, 0.717) is 6.61 Å². The Morgan fingerprint density at radius 2 is 2.06 bits per heavy atom. The molecule has 0 N–H and O–H groups in total. The number of carbonyl (C=O) groups excluding carboxylic acids is 1. The molecule has 17 heavy (non-hydrogen) atoms. The molecular weight excluding hydrogens is 234 g/mol. The van der Waals surface area contributed by atoms with Gasteiger partial charge in [-0.2, -0.15) is 0 Å². The zero-order valence-corrected chi connectivity index (χ0v) is 10.7. The van der Waals surface area contributed by atoms with Crippen molar-refractivity contribution in [3.8, 4) is 0 Å². The minimum absolute atomic E-state index is 0.0483. The molecule has 4 heteroatoms. The zero-order chi connectivity index (χ0) is 12.0. The van der Waals surface area contributed by atoms with E-state index in [9.17, 15) is 4.79 Å². The summed E-state index contributed by atoms with van der Waals surface area (Å²) in [5.74, 6) is 0. The van der Waals surface area contributed by atoms with Gasteiger partial charge < -0.3 is 4.74 Å². The molecule has 2 aliphatic rings. The summed E-state index contributed by atoms with van der Waals surface area (Å²) in [7, 11) is 0. The van der Waals surface area contributed by atoms with Crippen molar-refractivity contribution in [2.24, 2.45) is 0 Å². The lowest BCUT2D eigenvalue weighted by atomic mass is 10.0. The molecule has 1 aromatic rings. The number of amides is 1. The van der Waals surface area contributed by atoms with Gasteiger partial charge in [0.15, 0.2) is 0 Å². The number of cyclic esters (lactones) is 1. The second-order valence-corrected chi connectivity index (χ2v) is 6.72. The monoisotopic (exact) mass is 249 g/mol. The van der Waals surface area contributed by atoms with Gasteiger partial charge in [0.25, 0.3) is 0 Å². The van der Waals surface area contributed by atoms with E-state index >= 15 is 0 Å². The van der Waals surface area contributed by atoms with Gasteiger partial charge in [0.1, 0.15) is 12.0 Å². The number of ether oxygens (including phenoxy) is 1. The molecule has 2 saturated heterocycles. The lowest BCUT2D eigenvalue weighted by Crippen LogP contribution is -2.38. The van der Waals surface area contributed by atoms with Crippen LogP contribution < -0.4 is 0 Å². The maximum atomic E-state index is 11.8. The molecule has 0 aromatic heterocycles. The van der Waals surface area contributed by atoms with Crippen molar-refractivity contribution in [2.45, 2.75) is 30.0 Å². The smallest absolute Gasteiger partial charge is 0.411 e. The quantitative estimate of drug-likeness (QED) is 0.766. The number of thioether (sulfide) groups is 1. The summed E-state index contributed by atoms with van der Waals surface area (Å²) in [5.41, 5.74) is 1.17. The lowest BCUT2D eigenvalue weighted by molar-refractivity contribution is 0.156. The minimum Gasteiger partial charge on any atom is -0.447 e. The molecule has 3 nitrogen and oxygen atoms in total. The summed E-state index contributed by atoms with van der Waals surface area (Å²) in [6.45, 7) is 4.88. The van der Waals surface area contributed by atoms with Crippen LogP contribution in [-0.2, 0) is 4.74 Å². The number of rotatable bonds is 1. The molecule has 0 saturated carbocycles. The third kappa shape index (κ3) is 1.62. The molecule has 2 heterocycles. The third-order valence-corrected chi connectivity index (χ3v) is 5.07. The normalized spacial score (nSPS) is 30.2. The molecule has 90 valence electrons. The van der Waals surface area contributed by atoms with E-state index in [1.807, 2.05) is 34.9 Å². The SMILES string of the molecule is CC1(C)SC(c2ccccc2)N2C(=O)OCC21. The van der Waals surface area contributed by atoms with Crippen LogP contribution in [0.4, 0.5) is 4.79 Å².